The molecule has 0 atom stereocenters. The summed E-state index contributed by atoms with van der Waals surface area (Å²) < 4.78 is 23.9. The van der Waals surface area contributed by atoms with E-state index in [0.717, 1.165) is 33.6 Å². The van der Waals surface area contributed by atoms with Crippen molar-refractivity contribution >= 4 is 32.4 Å². The highest BCUT2D eigenvalue weighted by Gasteiger charge is 2.18. The Morgan fingerprint density at radius 2 is 1.25 bits per heavy atom. The summed E-state index contributed by atoms with van der Waals surface area (Å²) in [6, 6.07) is 11.6. The molecule has 0 fully saturated rings. The highest BCUT2D eigenvalue weighted by atomic mass is 16.5. The van der Waals surface area contributed by atoms with Crippen LogP contribution >= 0.6 is 0 Å². The zero-order chi connectivity index (χ0) is 23.0. The van der Waals surface area contributed by atoms with Crippen LogP contribution in [0.2, 0.25) is 0 Å². The fourth-order valence-electron chi connectivity index (χ4n) is 4.18. The average Bonchev–Trinajstić information content (AvgIpc) is 2.81. The average molecular weight is 437 g/mol. The second-order valence-electron chi connectivity index (χ2n) is 7.90. The number of hydrogen-bond donors (Lipinski definition) is 0. The van der Waals surface area contributed by atoms with Crippen LogP contribution in [-0.2, 0) is 6.54 Å². The maximum atomic E-state index is 13.7. The molecule has 4 aromatic rings. The number of fused-ring (bicyclic) bond motifs is 5. The molecule has 0 saturated heterocycles. The van der Waals surface area contributed by atoms with Crippen LogP contribution in [0, 0.1) is 0 Å². The lowest BCUT2D eigenvalue weighted by Gasteiger charge is -2.19. The van der Waals surface area contributed by atoms with Crippen molar-refractivity contribution in [2.75, 3.05) is 49.1 Å². The molecule has 0 aliphatic heterocycles. The first-order valence-corrected chi connectivity index (χ1v) is 10.3. The van der Waals surface area contributed by atoms with E-state index in [1.165, 1.54) is 0 Å². The number of aromatic nitrogens is 1. The topological polar surface area (TPSA) is 62.2 Å². The van der Waals surface area contributed by atoms with Crippen molar-refractivity contribution in [2.45, 2.75) is 6.54 Å². The second kappa shape index (κ2) is 8.59. The lowest BCUT2D eigenvalue weighted by atomic mass is 9.99. The third kappa shape index (κ3) is 3.48. The van der Waals surface area contributed by atoms with Gasteiger partial charge < -0.3 is 28.4 Å². The molecule has 0 bridgehead atoms. The second-order valence-corrected chi connectivity index (χ2v) is 7.90. The molecule has 0 aliphatic carbocycles. The van der Waals surface area contributed by atoms with Gasteiger partial charge >= 0.3 is 0 Å². The SMILES string of the molecule is COc1cc2ccc3c4cc(OC)c(OC)cc4c(=O)n(CCN(C)C)c3c2cc1OC. The van der Waals surface area contributed by atoms with Gasteiger partial charge in [0.1, 0.15) is 0 Å². The van der Waals surface area contributed by atoms with Crippen molar-refractivity contribution in [1.29, 1.82) is 0 Å². The highest BCUT2D eigenvalue weighted by molar-refractivity contribution is 6.16. The summed E-state index contributed by atoms with van der Waals surface area (Å²) in [6.07, 6.45) is 0. The molecule has 168 valence electrons. The molecule has 0 radical (unpaired) electrons. The Morgan fingerprint density at radius 3 is 1.81 bits per heavy atom. The molecule has 1 heterocycles. The number of methoxy groups -OCH3 is 4. The van der Waals surface area contributed by atoms with E-state index in [0.29, 0.717) is 34.9 Å². The molecule has 4 rings (SSSR count). The third-order valence-corrected chi connectivity index (χ3v) is 5.83. The molecular formula is C25H28N2O5. The van der Waals surface area contributed by atoms with E-state index in [9.17, 15) is 4.79 Å². The lowest BCUT2D eigenvalue weighted by molar-refractivity contribution is 0.355. The Kier molecular flexibility index (Phi) is 5.84. The minimum absolute atomic E-state index is 0.0717. The molecule has 32 heavy (non-hydrogen) atoms. The van der Waals surface area contributed by atoms with Gasteiger partial charge in [-0.2, -0.15) is 0 Å². The number of ether oxygens (including phenoxy) is 4. The fourth-order valence-corrected chi connectivity index (χ4v) is 4.18. The minimum Gasteiger partial charge on any atom is -0.493 e. The van der Waals surface area contributed by atoms with E-state index in [1.54, 1.807) is 34.5 Å². The van der Waals surface area contributed by atoms with E-state index in [1.807, 2.05) is 49.0 Å². The van der Waals surface area contributed by atoms with Gasteiger partial charge in [0.2, 0.25) is 0 Å². The number of benzene rings is 3. The Labute approximate surface area is 186 Å². The lowest BCUT2D eigenvalue weighted by Crippen LogP contribution is -2.27. The molecule has 0 N–H and O–H groups in total. The van der Waals surface area contributed by atoms with Crippen molar-refractivity contribution < 1.29 is 18.9 Å². The van der Waals surface area contributed by atoms with Crippen molar-refractivity contribution in [3.63, 3.8) is 0 Å². The molecule has 0 amide bonds. The van der Waals surface area contributed by atoms with Crippen molar-refractivity contribution in [3.8, 4) is 23.0 Å². The van der Waals surface area contributed by atoms with E-state index in [2.05, 4.69) is 4.90 Å². The molecule has 1 aromatic heterocycles. The zero-order valence-corrected chi connectivity index (χ0v) is 19.3. The predicted octanol–water partition coefficient (Wildman–Crippen LogP) is 3.90. The van der Waals surface area contributed by atoms with Gasteiger partial charge in [-0.25, -0.2) is 0 Å². The van der Waals surface area contributed by atoms with Crippen LogP contribution in [0.15, 0.2) is 41.2 Å². The van der Waals surface area contributed by atoms with Crippen LogP contribution in [-0.4, -0.2) is 58.5 Å². The Hall–Kier alpha value is -3.45. The molecular weight excluding hydrogens is 408 g/mol. The summed E-state index contributed by atoms with van der Waals surface area (Å²) >= 11 is 0. The Bertz CT molecular complexity index is 1370. The summed E-state index contributed by atoms with van der Waals surface area (Å²) in [6.45, 7) is 1.26. The van der Waals surface area contributed by atoms with E-state index >= 15 is 0 Å². The summed E-state index contributed by atoms with van der Waals surface area (Å²) in [7, 11) is 10.4. The van der Waals surface area contributed by atoms with Crippen molar-refractivity contribution in [1.82, 2.24) is 9.47 Å². The number of likely N-dealkylation sites (N-methyl/N-ethyl adjacent to an activating group) is 1. The van der Waals surface area contributed by atoms with Gasteiger partial charge in [-0.3, -0.25) is 4.79 Å². The smallest absolute Gasteiger partial charge is 0.259 e. The molecule has 3 aromatic carbocycles. The zero-order valence-electron chi connectivity index (χ0n) is 19.3. The van der Waals surface area contributed by atoms with E-state index in [4.69, 9.17) is 18.9 Å². The Balaban J connectivity index is 2.21. The molecule has 7 nitrogen and oxygen atoms in total. The standard InChI is InChI=1S/C25H28N2O5/c1-26(2)9-10-27-24-16(8-7-15-11-20(29-3)21(30-4)12-17(15)24)18-13-22(31-5)23(32-6)14-19(18)25(27)28/h7-8,11-14H,9-10H2,1-6H3. The molecule has 0 saturated carbocycles. The van der Waals surface area contributed by atoms with Crippen LogP contribution in [0.4, 0.5) is 0 Å². The summed E-state index contributed by atoms with van der Waals surface area (Å²) in [5.41, 5.74) is 0.785. The summed E-state index contributed by atoms with van der Waals surface area (Å²) in [5.74, 6) is 2.38. The predicted molar refractivity (Wildman–Crippen MR) is 128 cm³/mol. The largest absolute Gasteiger partial charge is 0.493 e. The van der Waals surface area contributed by atoms with Crippen LogP contribution in [0.1, 0.15) is 0 Å². The van der Waals surface area contributed by atoms with Gasteiger partial charge in [0.05, 0.1) is 39.3 Å². The van der Waals surface area contributed by atoms with Crippen LogP contribution in [0.5, 0.6) is 23.0 Å². The van der Waals surface area contributed by atoms with Crippen molar-refractivity contribution in [2.24, 2.45) is 0 Å². The van der Waals surface area contributed by atoms with Gasteiger partial charge in [0, 0.05) is 29.2 Å². The quantitative estimate of drug-likeness (QED) is 0.410. The van der Waals surface area contributed by atoms with E-state index in [-0.39, 0.29) is 5.56 Å². The van der Waals surface area contributed by atoms with Gasteiger partial charge in [-0.15, -0.1) is 0 Å². The maximum absolute atomic E-state index is 13.7. The van der Waals surface area contributed by atoms with Crippen molar-refractivity contribution in [3.05, 3.63) is 46.8 Å². The van der Waals surface area contributed by atoms with Crippen LogP contribution < -0.4 is 24.5 Å². The van der Waals surface area contributed by atoms with Crippen LogP contribution in [0.25, 0.3) is 32.4 Å². The van der Waals surface area contributed by atoms with Gasteiger partial charge in [0.25, 0.3) is 5.56 Å². The van der Waals surface area contributed by atoms with E-state index < -0.39 is 0 Å². The third-order valence-electron chi connectivity index (χ3n) is 5.83. The number of rotatable bonds is 7. The Morgan fingerprint density at radius 1 is 0.719 bits per heavy atom. The number of nitrogens with zero attached hydrogens (tertiary/aromatic N) is 2. The molecule has 0 aliphatic rings. The summed E-state index contributed by atoms with van der Waals surface area (Å²) in [4.78, 5) is 15.8. The number of hydrogen-bond acceptors (Lipinski definition) is 6. The monoisotopic (exact) mass is 436 g/mol. The maximum Gasteiger partial charge on any atom is 0.259 e. The minimum atomic E-state index is -0.0717. The summed E-state index contributed by atoms with van der Waals surface area (Å²) in [5, 5.41) is 4.26. The molecule has 0 unspecified atom stereocenters. The van der Waals surface area contributed by atoms with Crippen LogP contribution in [0.3, 0.4) is 0 Å². The fraction of sp³-hybridized carbons (Fsp3) is 0.320. The number of pyridine rings is 1. The molecule has 7 heteroatoms. The highest BCUT2D eigenvalue weighted by Crippen LogP contribution is 2.39. The normalized spacial score (nSPS) is 11.5. The van der Waals surface area contributed by atoms with Gasteiger partial charge in [-0.1, -0.05) is 12.1 Å². The van der Waals surface area contributed by atoms with Gasteiger partial charge in [0.15, 0.2) is 23.0 Å². The first kappa shape index (κ1) is 21.8. The van der Waals surface area contributed by atoms with Gasteiger partial charge in [-0.05, 0) is 43.7 Å². The first-order valence-electron chi connectivity index (χ1n) is 10.3. The first-order chi connectivity index (χ1) is 15.4. The molecule has 0 spiro atoms.